The van der Waals surface area contributed by atoms with Gasteiger partial charge in [0.15, 0.2) is 11.2 Å². The summed E-state index contributed by atoms with van der Waals surface area (Å²) in [6.45, 7) is 0.892. The van der Waals surface area contributed by atoms with Crippen molar-refractivity contribution in [1.29, 1.82) is 0 Å². The van der Waals surface area contributed by atoms with Gasteiger partial charge in [0.05, 0.1) is 19.8 Å². The molecule has 2 aliphatic rings. The minimum atomic E-state index is -4.78. The number of ketones is 1. The molecule has 0 amide bonds. The van der Waals surface area contributed by atoms with Gasteiger partial charge in [0.25, 0.3) is 0 Å². The quantitative estimate of drug-likeness (QED) is 0.103. The van der Waals surface area contributed by atoms with Crippen molar-refractivity contribution in [3.63, 3.8) is 0 Å². The smallest absolute Gasteiger partial charge is 0.470 e. The summed E-state index contributed by atoms with van der Waals surface area (Å²) in [6.07, 6.45) is -1.24. The lowest BCUT2D eigenvalue weighted by Crippen LogP contribution is -2.23. The van der Waals surface area contributed by atoms with E-state index >= 15 is 0 Å². The highest BCUT2D eigenvalue weighted by Gasteiger charge is 2.23. The number of phosphoric acid groups is 1. The number of hydrogen-bond donors (Lipinski definition) is 4. The van der Waals surface area contributed by atoms with Gasteiger partial charge >= 0.3 is 7.82 Å². The van der Waals surface area contributed by atoms with Crippen LogP contribution in [0.15, 0.2) is 63.8 Å². The molecule has 10 nitrogen and oxygen atoms in total. The Morgan fingerprint density at radius 3 is 2.57 bits per heavy atom. The summed E-state index contributed by atoms with van der Waals surface area (Å²) in [6, 6.07) is 14.4. The second kappa shape index (κ2) is 10.9. The first-order valence-corrected chi connectivity index (χ1v) is 12.8. The van der Waals surface area contributed by atoms with Gasteiger partial charge in [-0.15, -0.1) is 0 Å². The molecule has 4 rings (SSSR count). The maximum Gasteiger partial charge on any atom is 0.470 e. The third-order valence-electron chi connectivity index (χ3n) is 5.77. The lowest BCUT2D eigenvalue weighted by molar-refractivity contribution is 0.00498. The van der Waals surface area contributed by atoms with E-state index in [-0.39, 0.29) is 36.6 Å². The molecule has 0 aromatic heterocycles. The zero-order valence-electron chi connectivity index (χ0n) is 19.8. The van der Waals surface area contributed by atoms with Crippen LogP contribution in [-0.2, 0) is 13.8 Å². The normalized spacial score (nSPS) is 12.8. The number of ether oxygens (including phenoxy) is 1. The fraction of sp³-hybridized carbons (Fsp3) is 0.231. The number of phosphoric ester groups is 1. The molecule has 1 unspecified atom stereocenters. The van der Waals surface area contributed by atoms with Crippen molar-refractivity contribution in [2.24, 2.45) is 0 Å². The molecule has 194 valence electrons. The first-order valence-electron chi connectivity index (χ1n) is 11.3. The van der Waals surface area contributed by atoms with E-state index in [1.807, 2.05) is 13.0 Å². The Morgan fingerprint density at radius 2 is 1.84 bits per heavy atom. The van der Waals surface area contributed by atoms with Crippen molar-refractivity contribution in [2.45, 2.75) is 19.4 Å². The summed E-state index contributed by atoms with van der Waals surface area (Å²) >= 11 is 0. The molecule has 0 radical (unpaired) electrons. The molecule has 0 saturated heterocycles. The van der Waals surface area contributed by atoms with E-state index < -0.39 is 20.5 Å². The number of fused-ring (bicyclic) bond motifs is 2. The summed E-state index contributed by atoms with van der Waals surface area (Å²) in [4.78, 5) is 42.6. The lowest BCUT2D eigenvalue weighted by Gasteiger charge is -2.17. The van der Waals surface area contributed by atoms with E-state index in [9.17, 15) is 19.3 Å². The Balaban J connectivity index is 1.62. The molecule has 0 bridgehead atoms. The van der Waals surface area contributed by atoms with Crippen LogP contribution >= 0.6 is 7.82 Å². The van der Waals surface area contributed by atoms with Crippen molar-refractivity contribution in [3.05, 3.63) is 75.9 Å². The van der Waals surface area contributed by atoms with E-state index in [4.69, 9.17) is 24.0 Å². The van der Waals surface area contributed by atoms with Crippen LogP contribution in [0.5, 0.6) is 5.75 Å². The third-order valence-corrected chi connectivity index (χ3v) is 6.35. The number of carbonyl (C=O) groups excluding carboxylic acids is 1. The van der Waals surface area contributed by atoms with Gasteiger partial charge in [-0.1, -0.05) is 12.1 Å². The van der Waals surface area contributed by atoms with Crippen LogP contribution in [0, 0.1) is 6.92 Å². The number of phenols is 1. The molecule has 37 heavy (non-hydrogen) atoms. The topological polar surface area (TPSA) is 164 Å². The van der Waals surface area contributed by atoms with E-state index in [1.54, 1.807) is 24.3 Å². The van der Waals surface area contributed by atoms with Gasteiger partial charge in [0.1, 0.15) is 23.2 Å². The fourth-order valence-electron chi connectivity index (χ4n) is 4.05. The van der Waals surface area contributed by atoms with E-state index in [1.165, 1.54) is 24.3 Å². The number of rotatable bonds is 10. The summed E-state index contributed by atoms with van der Waals surface area (Å²) in [5.74, 6) is 0.127. The minimum absolute atomic E-state index is 0.00936. The predicted molar refractivity (Wildman–Crippen MR) is 135 cm³/mol. The molecule has 1 aliphatic heterocycles. The van der Waals surface area contributed by atoms with Gasteiger partial charge in [-0.05, 0) is 48.4 Å². The van der Waals surface area contributed by atoms with Crippen LogP contribution in [0.25, 0.3) is 33.4 Å². The minimum Gasteiger partial charge on any atom is -0.508 e. The van der Waals surface area contributed by atoms with Crippen LogP contribution in [0.3, 0.4) is 0 Å². The van der Waals surface area contributed by atoms with E-state index in [0.717, 1.165) is 16.7 Å². The Hall–Kier alpha value is -3.37. The highest BCUT2D eigenvalue weighted by Crippen LogP contribution is 2.42. The zero-order valence-corrected chi connectivity index (χ0v) is 20.7. The summed E-state index contributed by atoms with van der Waals surface area (Å²) in [5, 5.41) is 19.8. The average Bonchev–Trinajstić information content (AvgIpc) is 2.83. The highest BCUT2D eigenvalue weighted by molar-refractivity contribution is 7.46. The van der Waals surface area contributed by atoms with Crippen LogP contribution in [0.2, 0.25) is 0 Å². The Labute approximate surface area is 211 Å². The Morgan fingerprint density at radius 1 is 1.05 bits per heavy atom. The molecule has 0 fully saturated rings. The molecular formula is C26H25O10P. The van der Waals surface area contributed by atoms with Gasteiger partial charge in [0.2, 0.25) is 0 Å². The van der Waals surface area contributed by atoms with Crippen molar-refractivity contribution < 1.29 is 43.0 Å². The Bertz CT molecular complexity index is 1520. The largest absolute Gasteiger partial charge is 0.508 e. The molecular weight excluding hydrogens is 503 g/mol. The summed E-state index contributed by atoms with van der Waals surface area (Å²) in [7, 11) is -4.78. The monoisotopic (exact) mass is 528 g/mol. The molecule has 0 spiro atoms. The SMILES string of the molecule is Cc1ccc(C(=O)CCOCC(CO)OP(=O)(O)O)cc1-c1c2ccc(=O)cc-2oc2cc(O)ccc12. The molecule has 0 saturated carbocycles. The molecule has 2 aromatic rings. The molecule has 1 atom stereocenters. The van der Waals surface area contributed by atoms with E-state index in [0.29, 0.717) is 27.9 Å². The fourth-order valence-corrected chi connectivity index (χ4v) is 4.56. The van der Waals surface area contributed by atoms with Crippen molar-refractivity contribution >= 4 is 24.6 Å². The van der Waals surface area contributed by atoms with Crippen molar-refractivity contribution in [3.8, 4) is 28.2 Å². The molecule has 1 aliphatic carbocycles. The van der Waals surface area contributed by atoms with Crippen molar-refractivity contribution in [2.75, 3.05) is 19.8 Å². The molecule has 2 aromatic carbocycles. The summed E-state index contributed by atoms with van der Waals surface area (Å²) < 4.78 is 26.5. The number of aliphatic hydroxyl groups is 1. The van der Waals surface area contributed by atoms with Gasteiger partial charge in [0, 0.05) is 40.6 Å². The van der Waals surface area contributed by atoms with Gasteiger partial charge < -0.3 is 29.2 Å². The van der Waals surface area contributed by atoms with Crippen LogP contribution in [-0.4, -0.2) is 51.7 Å². The van der Waals surface area contributed by atoms with Crippen LogP contribution in [0.4, 0.5) is 0 Å². The Kier molecular flexibility index (Phi) is 7.89. The van der Waals surface area contributed by atoms with Gasteiger partial charge in [-0.2, -0.15) is 0 Å². The average molecular weight is 528 g/mol. The molecule has 11 heteroatoms. The van der Waals surface area contributed by atoms with Crippen molar-refractivity contribution in [1.82, 2.24) is 0 Å². The maximum atomic E-state index is 12.9. The second-order valence-corrected chi connectivity index (χ2v) is 9.69. The van der Waals surface area contributed by atoms with Gasteiger partial charge in [-0.25, -0.2) is 4.57 Å². The third kappa shape index (κ3) is 6.31. The highest BCUT2D eigenvalue weighted by atomic mass is 31.2. The lowest BCUT2D eigenvalue weighted by atomic mass is 9.89. The zero-order chi connectivity index (χ0) is 26.7. The number of aliphatic hydroxyl groups excluding tert-OH is 1. The van der Waals surface area contributed by atoms with Crippen LogP contribution in [0.1, 0.15) is 22.3 Å². The number of Topliss-reactive ketones (excluding diaryl/α,β-unsaturated/α-hetero) is 1. The predicted octanol–water partition coefficient (Wildman–Crippen LogP) is 3.64. The van der Waals surface area contributed by atoms with E-state index in [2.05, 4.69) is 4.52 Å². The summed E-state index contributed by atoms with van der Waals surface area (Å²) in [5.41, 5.74) is 3.62. The molecule has 1 heterocycles. The maximum absolute atomic E-state index is 12.9. The number of carbonyl (C=O) groups is 1. The van der Waals surface area contributed by atoms with Crippen LogP contribution < -0.4 is 5.43 Å². The number of phenolic OH excluding ortho intramolecular Hbond substituents is 1. The first kappa shape index (κ1) is 26.7. The number of aryl methyl sites for hydroxylation is 1. The number of hydrogen-bond acceptors (Lipinski definition) is 8. The van der Waals surface area contributed by atoms with Gasteiger partial charge in [-0.3, -0.25) is 14.1 Å². The first-order chi connectivity index (χ1) is 17.6. The number of aromatic hydroxyl groups is 1. The molecule has 4 N–H and O–H groups in total. The number of benzene rings is 3. The standard InChI is InChI=1S/C26H25O10P/c1-15-2-3-16(23(30)8-9-34-14-19(13-27)36-37(31,32)33)10-22(15)26-20-6-4-17(28)11-24(20)35-25-12-18(29)5-7-21(25)26/h2-7,10-12,19,27-28H,8-9,13-14H2,1H3,(H2,31,32,33). The second-order valence-electron chi connectivity index (χ2n) is 8.49.